The van der Waals surface area contributed by atoms with Crippen LogP contribution in [-0.4, -0.2) is 30.6 Å². The Balaban J connectivity index is 1.65. The number of amides is 1. The fourth-order valence-corrected chi connectivity index (χ4v) is 3.68. The lowest BCUT2D eigenvalue weighted by molar-refractivity contribution is 0.102. The Morgan fingerprint density at radius 3 is 2.93 bits per heavy atom. The SMILES string of the molecule is CCC(C)n1ncc2c(C(=O)Nc3nc(-c4cccnc4)cs3)cc(C)nc21. The molecule has 4 aromatic heterocycles. The minimum absolute atomic E-state index is 0.212. The maximum Gasteiger partial charge on any atom is 0.258 e. The minimum Gasteiger partial charge on any atom is -0.298 e. The summed E-state index contributed by atoms with van der Waals surface area (Å²) in [5.41, 5.74) is 3.76. The van der Waals surface area contributed by atoms with Crippen molar-refractivity contribution in [3.8, 4) is 11.3 Å². The molecule has 0 spiro atoms. The van der Waals surface area contributed by atoms with E-state index in [1.54, 1.807) is 24.7 Å². The van der Waals surface area contributed by atoms with Gasteiger partial charge in [0.25, 0.3) is 5.91 Å². The summed E-state index contributed by atoms with van der Waals surface area (Å²) >= 11 is 1.38. The number of anilines is 1. The van der Waals surface area contributed by atoms with Crippen molar-refractivity contribution in [1.82, 2.24) is 24.7 Å². The Morgan fingerprint density at radius 2 is 2.18 bits per heavy atom. The topological polar surface area (TPSA) is 85.6 Å². The molecule has 28 heavy (non-hydrogen) atoms. The van der Waals surface area contributed by atoms with Crippen LogP contribution in [0.3, 0.4) is 0 Å². The molecule has 1 N–H and O–H groups in total. The van der Waals surface area contributed by atoms with Crippen molar-refractivity contribution in [2.24, 2.45) is 0 Å². The molecule has 7 nitrogen and oxygen atoms in total. The lowest BCUT2D eigenvalue weighted by Gasteiger charge is -2.11. The van der Waals surface area contributed by atoms with Gasteiger partial charge in [-0.15, -0.1) is 11.3 Å². The zero-order valence-electron chi connectivity index (χ0n) is 15.9. The maximum atomic E-state index is 13.0. The number of nitrogens with one attached hydrogen (secondary N) is 1. The van der Waals surface area contributed by atoms with Crippen LogP contribution in [-0.2, 0) is 0 Å². The second kappa shape index (κ2) is 7.47. The molecule has 0 saturated carbocycles. The normalized spacial score (nSPS) is 12.2. The van der Waals surface area contributed by atoms with Crippen LogP contribution < -0.4 is 5.32 Å². The van der Waals surface area contributed by atoms with E-state index in [9.17, 15) is 4.79 Å². The molecular formula is C20H20N6OS. The molecule has 0 aliphatic heterocycles. The van der Waals surface area contributed by atoms with Gasteiger partial charge in [-0.3, -0.25) is 15.1 Å². The van der Waals surface area contributed by atoms with Crippen molar-refractivity contribution in [2.45, 2.75) is 33.2 Å². The summed E-state index contributed by atoms with van der Waals surface area (Å²) in [6.07, 6.45) is 6.12. The van der Waals surface area contributed by atoms with Gasteiger partial charge in [0, 0.05) is 29.0 Å². The molecule has 0 saturated heterocycles. The highest BCUT2D eigenvalue weighted by molar-refractivity contribution is 7.14. The highest BCUT2D eigenvalue weighted by Gasteiger charge is 2.18. The standard InChI is InChI=1S/C20H20N6OS/c1-4-13(3)26-18-16(10-22-26)15(8-12(2)23-18)19(27)25-20-24-17(11-28-20)14-6-5-7-21-9-14/h5-11,13H,4H2,1-3H3,(H,24,25,27). The average Bonchev–Trinajstić information content (AvgIpc) is 3.34. The number of aryl methyl sites for hydroxylation is 1. The number of carbonyl (C=O) groups is 1. The number of carbonyl (C=O) groups excluding carboxylic acids is 1. The Kier molecular flexibility index (Phi) is 4.87. The Bertz CT molecular complexity index is 1130. The molecule has 0 bridgehead atoms. The zero-order chi connectivity index (χ0) is 19.7. The first kappa shape index (κ1) is 18.2. The summed E-state index contributed by atoms with van der Waals surface area (Å²) in [7, 11) is 0. The predicted molar refractivity (Wildman–Crippen MR) is 111 cm³/mol. The van der Waals surface area contributed by atoms with Crippen molar-refractivity contribution in [3.63, 3.8) is 0 Å². The molecule has 0 aliphatic rings. The lowest BCUT2D eigenvalue weighted by Crippen LogP contribution is -2.13. The van der Waals surface area contributed by atoms with Gasteiger partial charge in [0.15, 0.2) is 10.8 Å². The number of nitrogens with zero attached hydrogens (tertiary/aromatic N) is 5. The molecular weight excluding hydrogens is 372 g/mol. The van der Waals surface area contributed by atoms with Crippen LogP contribution in [0.1, 0.15) is 42.4 Å². The van der Waals surface area contributed by atoms with Gasteiger partial charge < -0.3 is 0 Å². The number of hydrogen-bond donors (Lipinski definition) is 1. The van der Waals surface area contributed by atoms with Crippen LogP contribution >= 0.6 is 11.3 Å². The summed E-state index contributed by atoms with van der Waals surface area (Å²) in [4.78, 5) is 26.2. The van der Waals surface area contributed by atoms with Crippen LogP contribution in [0.4, 0.5) is 5.13 Å². The molecule has 0 radical (unpaired) electrons. The van der Waals surface area contributed by atoms with E-state index in [0.717, 1.165) is 34.4 Å². The Labute approximate surface area is 166 Å². The molecule has 1 amide bonds. The monoisotopic (exact) mass is 392 g/mol. The zero-order valence-corrected chi connectivity index (χ0v) is 16.7. The van der Waals surface area contributed by atoms with Crippen LogP contribution in [0.15, 0.2) is 42.2 Å². The van der Waals surface area contributed by atoms with Gasteiger partial charge in [-0.1, -0.05) is 6.92 Å². The van der Waals surface area contributed by atoms with Crippen molar-refractivity contribution < 1.29 is 4.79 Å². The van der Waals surface area contributed by atoms with E-state index in [1.807, 2.05) is 29.1 Å². The second-order valence-electron chi connectivity index (χ2n) is 6.63. The van der Waals surface area contributed by atoms with Crippen molar-refractivity contribution in [3.05, 3.63) is 53.4 Å². The second-order valence-corrected chi connectivity index (χ2v) is 7.49. The number of hydrogen-bond acceptors (Lipinski definition) is 6. The van der Waals surface area contributed by atoms with Crippen LogP contribution in [0.2, 0.25) is 0 Å². The van der Waals surface area contributed by atoms with Gasteiger partial charge in [0.1, 0.15) is 0 Å². The summed E-state index contributed by atoms with van der Waals surface area (Å²) in [6.45, 7) is 6.07. The molecule has 8 heteroatoms. The van der Waals surface area contributed by atoms with E-state index in [4.69, 9.17) is 0 Å². The molecule has 0 fully saturated rings. The summed E-state index contributed by atoms with van der Waals surface area (Å²) in [5, 5.41) is 10.5. The molecule has 4 aromatic rings. The number of pyridine rings is 2. The van der Waals surface area contributed by atoms with Crippen molar-refractivity contribution >= 4 is 33.4 Å². The molecule has 1 atom stereocenters. The smallest absolute Gasteiger partial charge is 0.258 e. The maximum absolute atomic E-state index is 13.0. The third kappa shape index (κ3) is 3.38. The van der Waals surface area contributed by atoms with Crippen LogP contribution in [0.25, 0.3) is 22.3 Å². The van der Waals surface area contributed by atoms with E-state index in [0.29, 0.717) is 10.7 Å². The third-order valence-electron chi connectivity index (χ3n) is 4.63. The van der Waals surface area contributed by atoms with Crippen molar-refractivity contribution in [2.75, 3.05) is 5.32 Å². The molecule has 142 valence electrons. The first-order valence-corrected chi connectivity index (χ1v) is 9.97. The van der Waals surface area contributed by atoms with E-state index < -0.39 is 0 Å². The van der Waals surface area contributed by atoms with Crippen LogP contribution in [0, 0.1) is 6.92 Å². The van der Waals surface area contributed by atoms with Crippen molar-refractivity contribution in [1.29, 1.82) is 0 Å². The molecule has 4 rings (SSSR count). The number of thiazole rings is 1. The highest BCUT2D eigenvalue weighted by atomic mass is 32.1. The van der Waals surface area contributed by atoms with Gasteiger partial charge in [-0.2, -0.15) is 5.10 Å². The average molecular weight is 392 g/mol. The van der Waals surface area contributed by atoms with E-state index >= 15 is 0 Å². The van der Waals surface area contributed by atoms with E-state index in [1.165, 1.54) is 11.3 Å². The number of aromatic nitrogens is 5. The van der Waals surface area contributed by atoms with Gasteiger partial charge in [0.05, 0.1) is 28.9 Å². The first-order chi connectivity index (χ1) is 13.6. The number of rotatable bonds is 5. The lowest BCUT2D eigenvalue weighted by atomic mass is 10.1. The first-order valence-electron chi connectivity index (χ1n) is 9.09. The highest BCUT2D eigenvalue weighted by Crippen LogP contribution is 2.26. The third-order valence-corrected chi connectivity index (χ3v) is 5.39. The molecule has 0 aromatic carbocycles. The Morgan fingerprint density at radius 1 is 1.32 bits per heavy atom. The number of fused-ring (bicyclic) bond motifs is 1. The minimum atomic E-state index is -0.216. The quantitative estimate of drug-likeness (QED) is 0.541. The summed E-state index contributed by atoms with van der Waals surface area (Å²) in [5.74, 6) is -0.216. The fraction of sp³-hybridized carbons (Fsp3) is 0.250. The van der Waals surface area contributed by atoms with Gasteiger partial charge in [0.2, 0.25) is 0 Å². The molecule has 0 aliphatic carbocycles. The molecule has 4 heterocycles. The largest absolute Gasteiger partial charge is 0.298 e. The van der Waals surface area contributed by atoms with E-state index in [-0.39, 0.29) is 11.9 Å². The molecule has 1 unspecified atom stereocenters. The van der Waals surface area contributed by atoms with Gasteiger partial charge in [-0.25, -0.2) is 14.6 Å². The van der Waals surface area contributed by atoms with E-state index in [2.05, 4.69) is 39.2 Å². The Hall–Kier alpha value is -3.13. The van der Waals surface area contributed by atoms with Gasteiger partial charge in [-0.05, 0) is 38.5 Å². The fourth-order valence-electron chi connectivity index (χ4n) is 2.97. The summed E-state index contributed by atoms with van der Waals surface area (Å²) in [6, 6.07) is 5.80. The summed E-state index contributed by atoms with van der Waals surface area (Å²) < 4.78 is 1.88. The van der Waals surface area contributed by atoms with Crippen LogP contribution in [0.5, 0.6) is 0 Å². The van der Waals surface area contributed by atoms with Gasteiger partial charge >= 0.3 is 0 Å². The predicted octanol–water partition coefficient (Wildman–Crippen LogP) is 4.48.